The van der Waals surface area contributed by atoms with Crippen molar-refractivity contribution in [2.75, 3.05) is 0 Å². The second-order valence-electron chi connectivity index (χ2n) is 4.48. The van der Waals surface area contributed by atoms with E-state index in [4.69, 9.17) is 9.83 Å². The summed E-state index contributed by atoms with van der Waals surface area (Å²) < 4.78 is 6.41. The highest BCUT2D eigenvalue weighted by Crippen LogP contribution is 2.25. The first-order valence-electron chi connectivity index (χ1n) is 6.07. The van der Waals surface area contributed by atoms with Gasteiger partial charge in [-0.25, -0.2) is 0 Å². The van der Waals surface area contributed by atoms with E-state index in [1.807, 2.05) is 18.2 Å². The van der Waals surface area contributed by atoms with Crippen molar-refractivity contribution in [3.63, 3.8) is 0 Å². The van der Waals surface area contributed by atoms with Gasteiger partial charge in [0.25, 0.3) is 5.69 Å². The van der Waals surface area contributed by atoms with Crippen LogP contribution in [0.3, 0.4) is 0 Å². The molecule has 5 nitrogen and oxygen atoms in total. The van der Waals surface area contributed by atoms with E-state index < -0.39 is 4.92 Å². The summed E-state index contributed by atoms with van der Waals surface area (Å²) in [5.74, 6) is 0. The van der Waals surface area contributed by atoms with Crippen molar-refractivity contribution in [2.24, 2.45) is 0 Å². The van der Waals surface area contributed by atoms with Gasteiger partial charge in [0.1, 0.15) is 5.58 Å². The van der Waals surface area contributed by atoms with E-state index >= 15 is 0 Å². The third-order valence-corrected chi connectivity index (χ3v) is 3.61. The van der Waals surface area contributed by atoms with Crippen molar-refractivity contribution in [2.45, 2.75) is 0 Å². The van der Waals surface area contributed by atoms with Gasteiger partial charge in [0.2, 0.25) is 5.55 Å². The molecule has 6 heteroatoms. The Balaban J connectivity index is 2.17. The van der Waals surface area contributed by atoms with E-state index in [1.54, 1.807) is 18.2 Å². The van der Waals surface area contributed by atoms with E-state index in [0.29, 0.717) is 16.7 Å². The van der Waals surface area contributed by atoms with Crippen LogP contribution < -0.4 is 5.55 Å². The molecule has 0 spiro atoms. The molecule has 2 aromatic carbocycles. The fourth-order valence-electron chi connectivity index (χ4n) is 2.09. The van der Waals surface area contributed by atoms with Crippen LogP contribution in [-0.4, -0.2) is 4.92 Å². The van der Waals surface area contributed by atoms with Crippen LogP contribution in [0.5, 0.6) is 0 Å². The molecule has 104 valence electrons. The Bertz CT molecular complexity index is 901. The molecule has 3 rings (SSSR count). The summed E-state index contributed by atoms with van der Waals surface area (Å²) in [5, 5.41) is 19.5. The molecular formula is C15H9BrN2O3. The Morgan fingerprint density at radius 1 is 1.10 bits per heavy atom. The zero-order valence-corrected chi connectivity index (χ0v) is 12.3. The summed E-state index contributed by atoms with van der Waals surface area (Å²) in [7, 11) is 0. The van der Waals surface area contributed by atoms with E-state index in [9.17, 15) is 10.1 Å². The van der Waals surface area contributed by atoms with E-state index in [-0.39, 0.29) is 11.2 Å². The van der Waals surface area contributed by atoms with Crippen LogP contribution in [0, 0.1) is 15.5 Å². The number of nitro groups is 1. The molecule has 0 saturated carbocycles. The molecule has 0 amide bonds. The Morgan fingerprint density at radius 3 is 2.48 bits per heavy atom. The lowest BCUT2D eigenvalue weighted by atomic mass is 10.1. The summed E-state index contributed by atoms with van der Waals surface area (Å²) in [5.41, 5.74) is 1.96. The largest absolute Gasteiger partial charge is 0.438 e. The highest BCUT2D eigenvalue weighted by molar-refractivity contribution is 9.10. The minimum atomic E-state index is -0.451. The normalized spacial score (nSPS) is 10.7. The molecule has 21 heavy (non-hydrogen) atoms. The minimum Gasteiger partial charge on any atom is -0.438 e. The molecule has 1 aromatic heterocycles. The third-order valence-electron chi connectivity index (χ3n) is 3.12. The molecule has 0 aliphatic carbocycles. The van der Waals surface area contributed by atoms with Crippen molar-refractivity contribution in [1.82, 2.24) is 0 Å². The number of fused-ring (bicyclic) bond motifs is 1. The second-order valence-corrected chi connectivity index (χ2v) is 5.39. The first kappa shape index (κ1) is 13.5. The minimum absolute atomic E-state index is 0.0192. The summed E-state index contributed by atoms with van der Waals surface area (Å²) in [6.45, 7) is 0. The van der Waals surface area contributed by atoms with Crippen LogP contribution >= 0.6 is 15.9 Å². The number of rotatable bonds is 2. The number of nitro benzene ring substituents is 1. The topological polar surface area (TPSA) is 80.1 Å². The highest BCUT2D eigenvalue weighted by Gasteiger charge is 2.09. The van der Waals surface area contributed by atoms with E-state index in [1.165, 1.54) is 12.1 Å². The molecule has 0 aliphatic heterocycles. The Hall–Kier alpha value is -2.47. The lowest BCUT2D eigenvalue weighted by Crippen LogP contribution is -2.03. The first-order chi connectivity index (χ1) is 10.0. The number of hydrogen-bond acceptors (Lipinski definition) is 4. The van der Waals surface area contributed by atoms with Crippen LogP contribution in [-0.2, 0) is 0 Å². The van der Waals surface area contributed by atoms with Gasteiger partial charge in [0, 0.05) is 27.6 Å². The van der Waals surface area contributed by atoms with Crippen molar-refractivity contribution in [3.05, 3.63) is 68.7 Å². The van der Waals surface area contributed by atoms with Crippen molar-refractivity contribution in [1.29, 1.82) is 5.41 Å². The van der Waals surface area contributed by atoms with Gasteiger partial charge in [-0.1, -0.05) is 15.9 Å². The maximum absolute atomic E-state index is 10.7. The molecule has 0 bridgehead atoms. The maximum atomic E-state index is 10.7. The average molecular weight is 345 g/mol. The van der Waals surface area contributed by atoms with Crippen molar-refractivity contribution < 1.29 is 9.34 Å². The number of nitrogens with zero attached hydrogens (tertiary/aromatic N) is 1. The Kier molecular flexibility index (Phi) is 3.31. The van der Waals surface area contributed by atoms with Gasteiger partial charge in [0.15, 0.2) is 0 Å². The molecule has 0 aliphatic rings. The fourth-order valence-corrected chi connectivity index (χ4v) is 2.47. The molecule has 0 atom stereocenters. The molecule has 0 unspecified atom stereocenters. The lowest BCUT2D eigenvalue weighted by molar-refractivity contribution is -0.384. The third kappa shape index (κ3) is 2.57. The Morgan fingerprint density at radius 2 is 1.81 bits per heavy atom. The lowest BCUT2D eigenvalue weighted by Gasteiger charge is -2.04. The van der Waals surface area contributed by atoms with Gasteiger partial charge in [-0.05, 0) is 42.0 Å². The second kappa shape index (κ2) is 5.14. The molecular weight excluding hydrogens is 336 g/mol. The SMILES string of the molecule is N=c1oc2ccc(Br)cc2cc1-c1ccc([N+](=O)[O-])cc1. The number of hydrogen-bond donors (Lipinski definition) is 1. The van der Waals surface area contributed by atoms with E-state index in [0.717, 1.165) is 9.86 Å². The van der Waals surface area contributed by atoms with Gasteiger partial charge in [0.05, 0.1) is 4.92 Å². The Labute approximate surface area is 127 Å². The average Bonchev–Trinajstić information content (AvgIpc) is 2.47. The first-order valence-corrected chi connectivity index (χ1v) is 6.87. The smallest absolute Gasteiger partial charge is 0.269 e. The van der Waals surface area contributed by atoms with Gasteiger partial charge in [-0.2, -0.15) is 0 Å². The summed E-state index contributed by atoms with van der Waals surface area (Å²) in [4.78, 5) is 10.2. The zero-order valence-electron chi connectivity index (χ0n) is 10.7. The quantitative estimate of drug-likeness (QED) is 0.557. The van der Waals surface area contributed by atoms with Gasteiger partial charge in [-0.15, -0.1) is 0 Å². The van der Waals surface area contributed by atoms with Crippen LogP contribution in [0.15, 0.2) is 57.4 Å². The van der Waals surface area contributed by atoms with Gasteiger partial charge < -0.3 is 4.42 Å². The molecule has 3 aromatic rings. The molecule has 1 N–H and O–H groups in total. The van der Waals surface area contributed by atoms with Crippen LogP contribution in [0.1, 0.15) is 0 Å². The summed E-state index contributed by atoms with van der Waals surface area (Å²) in [6.07, 6.45) is 0. The predicted octanol–water partition coefficient (Wildman–Crippen LogP) is 4.25. The highest BCUT2D eigenvalue weighted by atomic mass is 79.9. The summed E-state index contributed by atoms with van der Waals surface area (Å²) >= 11 is 3.39. The number of nitrogens with one attached hydrogen (secondary N) is 1. The van der Waals surface area contributed by atoms with Crippen LogP contribution in [0.2, 0.25) is 0 Å². The number of non-ortho nitro benzene ring substituents is 1. The zero-order chi connectivity index (χ0) is 15.0. The van der Waals surface area contributed by atoms with Gasteiger partial charge in [-0.3, -0.25) is 15.5 Å². The summed E-state index contributed by atoms with van der Waals surface area (Å²) in [6, 6.07) is 13.4. The van der Waals surface area contributed by atoms with Crippen molar-refractivity contribution >= 4 is 32.6 Å². The molecule has 0 fully saturated rings. The molecule has 0 saturated heterocycles. The monoisotopic (exact) mass is 344 g/mol. The number of benzene rings is 2. The molecule has 0 radical (unpaired) electrons. The maximum Gasteiger partial charge on any atom is 0.269 e. The van der Waals surface area contributed by atoms with Crippen LogP contribution in [0.4, 0.5) is 5.69 Å². The van der Waals surface area contributed by atoms with E-state index in [2.05, 4.69) is 15.9 Å². The molecule has 1 heterocycles. The van der Waals surface area contributed by atoms with Gasteiger partial charge >= 0.3 is 0 Å². The fraction of sp³-hybridized carbons (Fsp3) is 0. The predicted molar refractivity (Wildman–Crippen MR) is 81.9 cm³/mol. The van der Waals surface area contributed by atoms with Crippen molar-refractivity contribution in [3.8, 4) is 11.1 Å². The number of halogens is 1. The standard InChI is InChI=1S/C15H9BrN2O3/c16-11-3-6-14-10(7-11)8-13(15(17)21-14)9-1-4-12(5-2-9)18(19)20/h1-8,17H. The van der Waals surface area contributed by atoms with Crippen LogP contribution in [0.25, 0.3) is 22.1 Å².